The Kier molecular flexibility index (Phi) is 3.82. The highest BCUT2D eigenvalue weighted by Crippen LogP contribution is 2.27. The van der Waals surface area contributed by atoms with Gasteiger partial charge in [0, 0.05) is 25.9 Å². The van der Waals surface area contributed by atoms with E-state index in [9.17, 15) is 0 Å². The Morgan fingerprint density at radius 1 is 1.53 bits per heavy atom. The number of para-hydroxylation sites is 1. The van der Waals surface area contributed by atoms with Gasteiger partial charge < -0.3 is 21.0 Å². The molecule has 0 saturated carbocycles. The zero-order valence-electron chi connectivity index (χ0n) is 9.60. The van der Waals surface area contributed by atoms with Crippen molar-refractivity contribution >= 4 is 5.84 Å². The number of rotatable bonds is 5. The van der Waals surface area contributed by atoms with Crippen molar-refractivity contribution in [1.82, 2.24) is 5.32 Å². The molecule has 17 heavy (non-hydrogen) atoms. The van der Waals surface area contributed by atoms with Crippen LogP contribution < -0.4 is 15.8 Å². The van der Waals surface area contributed by atoms with Crippen LogP contribution in [-0.4, -0.2) is 30.2 Å². The van der Waals surface area contributed by atoms with E-state index < -0.39 is 0 Å². The molecule has 1 heterocycles. The van der Waals surface area contributed by atoms with Crippen LogP contribution in [0.5, 0.6) is 5.75 Å². The monoisotopic (exact) mass is 235 g/mol. The molecule has 1 aliphatic rings. The van der Waals surface area contributed by atoms with Crippen molar-refractivity contribution in [1.29, 1.82) is 0 Å². The number of nitrogens with zero attached hydrogens (tertiary/aromatic N) is 1. The Bertz CT molecular complexity index is 381. The first-order chi connectivity index (χ1) is 8.29. The van der Waals surface area contributed by atoms with Gasteiger partial charge >= 0.3 is 0 Å². The second kappa shape index (κ2) is 5.54. The summed E-state index contributed by atoms with van der Waals surface area (Å²) in [5.41, 5.74) is 6.62. The van der Waals surface area contributed by atoms with Crippen molar-refractivity contribution in [2.24, 2.45) is 10.9 Å². The molecule has 0 aromatic heterocycles. The Balaban J connectivity index is 1.70. The molecule has 1 atom stereocenters. The van der Waals surface area contributed by atoms with Crippen molar-refractivity contribution in [3.8, 4) is 5.75 Å². The van der Waals surface area contributed by atoms with Crippen LogP contribution in [-0.2, 0) is 6.42 Å². The highest BCUT2D eigenvalue weighted by Gasteiger charge is 2.21. The first-order valence-corrected chi connectivity index (χ1v) is 5.71. The zero-order valence-corrected chi connectivity index (χ0v) is 9.60. The number of benzene rings is 1. The van der Waals surface area contributed by atoms with Crippen LogP contribution >= 0.6 is 0 Å². The van der Waals surface area contributed by atoms with Gasteiger partial charge in [0.15, 0.2) is 0 Å². The molecule has 0 radical (unpaired) electrons. The molecule has 5 heteroatoms. The van der Waals surface area contributed by atoms with Gasteiger partial charge in [-0.05, 0) is 11.6 Å². The van der Waals surface area contributed by atoms with Gasteiger partial charge in [-0.3, -0.25) is 0 Å². The van der Waals surface area contributed by atoms with Crippen molar-refractivity contribution in [2.45, 2.75) is 18.9 Å². The van der Waals surface area contributed by atoms with Crippen LogP contribution in [0.15, 0.2) is 29.4 Å². The smallest absolute Gasteiger partial charge is 0.140 e. The maximum atomic E-state index is 8.37. The van der Waals surface area contributed by atoms with Crippen molar-refractivity contribution in [3.05, 3.63) is 29.8 Å². The number of nitrogens with two attached hydrogens (primary N) is 1. The Morgan fingerprint density at radius 3 is 3.12 bits per heavy atom. The van der Waals surface area contributed by atoms with Gasteiger partial charge in [-0.2, -0.15) is 0 Å². The number of hydrogen-bond donors (Lipinski definition) is 3. The van der Waals surface area contributed by atoms with Crippen LogP contribution in [0, 0.1) is 0 Å². The molecule has 5 nitrogen and oxygen atoms in total. The quantitative estimate of drug-likeness (QED) is 0.231. The van der Waals surface area contributed by atoms with Crippen molar-refractivity contribution in [3.63, 3.8) is 0 Å². The lowest BCUT2D eigenvalue weighted by molar-refractivity contribution is 0.228. The fraction of sp³-hybridized carbons (Fsp3) is 0.417. The molecule has 92 valence electrons. The van der Waals surface area contributed by atoms with Crippen LogP contribution in [0.25, 0.3) is 0 Å². The van der Waals surface area contributed by atoms with Crippen molar-refractivity contribution in [2.75, 3.05) is 13.1 Å². The third-order valence-electron chi connectivity index (χ3n) is 2.77. The molecular formula is C12H17N3O2. The average Bonchev–Trinajstić information content (AvgIpc) is 2.76. The number of amidine groups is 1. The minimum atomic E-state index is 0.180. The van der Waals surface area contributed by atoms with Gasteiger partial charge in [-0.25, -0.2) is 0 Å². The first-order valence-electron chi connectivity index (χ1n) is 5.71. The molecule has 1 aromatic carbocycles. The van der Waals surface area contributed by atoms with E-state index in [1.807, 2.05) is 18.2 Å². The summed E-state index contributed by atoms with van der Waals surface area (Å²) >= 11 is 0. The lowest BCUT2D eigenvalue weighted by Gasteiger charge is -2.11. The topological polar surface area (TPSA) is 79.9 Å². The van der Waals surface area contributed by atoms with E-state index in [4.69, 9.17) is 15.7 Å². The van der Waals surface area contributed by atoms with Gasteiger partial charge in [0.2, 0.25) is 0 Å². The van der Waals surface area contributed by atoms with E-state index in [2.05, 4.69) is 16.5 Å². The molecule has 2 rings (SSSR count). The summed E-state index contributed by atoms with van der Waals surface area (Å²) in [6.07, 6.45) is 1.66. The van der Waals surface area contributed by atoms with Crippen LogP contribution in [0.3, 0.4) is 0 Å². The lowest BCUT2D eigenvalue weighted by Crippen LogP contribution is -2.32. The van der Waals surface area contributed by atoms with E-state index in [1.165, 1.54) is 5.56 Å². The van der Waals surface area contributed by atoms with Crippen LogP contribution in [0.1, 0.15) is 12.0 Å². The summed E-state index contributed by atoms with van der Waals surface area (Å²) in [7, 11) is 0. The number of oxime groups is 1. The first kappa shape index (κ1) is 11.7. The minimum absolute atomic E-state index is 0.180. The number of nitrogens with one attached hydrogen (secondary N) is 1. The number of hydrogen-bond acceptors (Lipinski definition) is 4. The highest BCUT2D eigenvalue weighted by atomic mass is 16.5. The summed E-state index contributed by atoms with van der Waals surface area (Å²) in [6, 6.07) is 8.08. The summed E-state index contributed by atoms with van der Waals surface area (Å²) in [5, 5.41) is 14.5. The molecule has 1 aromatic rings. The summed E-state index contributed by atoms with van der Waals surface area (Å²) in [6.45, 7) is 1.46. The summed E-state index contributed by atoms with van der Waals surface area (Å²) in [4.78, 5) is 0. The Morgan fingerprint density at radius 2 is 2.35 bits per heavy atom. The van der Waals surface area contributed by atoms with Gasteiger partial charge in [0.25, 0.3) is 0 Å². The van der Waals surface area contributed by atoms with E-state index >= 15 is 0 Å². The molecule has 0 fully saturated rings. The molecule has 1 unspecified atom stereocenters. The van der Waals surface area contributed by atoms with Gasteiger partial charge in [-0.15, -0.1) is 0 Å². The maximum Gasteiger partial charge on any atom is 0.140 e. The van der Waals surface area contributed by atoms with Gasteiger partial charge in [-0.1, -0.05) is 23.4 Å². The minimum Gasteiger partial charge on any atom is -0.488 e. The second-order valence-electron chi connectivity index (χ2n) is 4.10. The van der Waals surface area contributed by atoms with E-state index in [0.29, 0.717) is 13.0 Å². The van der Waals surface area contributed by atoms with E-state index in [0.717, 1.165) is 18.7 Å². The maximum absolute atomic E-state index is 8.37. The van der Waals surface area contributed by atoms with Gasteiger partial charge in [0.1, 0.15) is 17.7 Å². The standard InChI is InChI=1S/C12H17N3O2/c13-12(15-16)5-6-14-8-10-7-9-3-1-2-4-11(9)17-10/h1-4,10,14,16H,5-8H2,(H2,13,15). The van der Waals surface area contributed by atoms with Crippen LogP contribution in [0.4, 0.5) is 0 Å². The Hall–Kier alpha value is -1.75. The van der Waals surface area contributed by atoms with Gasteiger partial charge in [0.05, 0.1) is 0 Å². The Labute approximate surface area is 100 Å². The molecule has 0 aliphatic carbocycles. The average molecular weight is 235 g/mol. The third-order valence-corrected chi connectivity index (χ3v) is 2.77. The van der Waals surface area contributed by atoms with E-state index in [1.54, 1.807) is 0 Å². The SMILES string of the molecule is NC(CCNCC1Cc2ccccc2O1)=NO. The third kappa shape index (κ3) is 3.10. The zero-order chi connectivity index (χ0) is 12.1. The van der Waals surface area contributed by atoms with Crippen molar-refractivity contribution < 1.29 is 9.94 Å². The number of fused-ring (bicyclic) bond motifs is 1. The molecule has 0 amide bonds. The summed E-state index contributed by atoms with van der Waals surface area (Å²) in [5.74, 6) is 1.23. The predicted molar refractivity (Wildman–Crippen MR) is 65.5 cm³/mol. The molecule has 0 bridgehead atoms. The molecule has 1 aliphatic heterocycles. The highest BCUT2D eigenvalue weighted by molar-refractivity contribution is 5.79. The second-order valence-corrected chi connectivity index (χ2v) is 4.10. The predicted octanol–water partition coefficient (Wildman–Crippen LogP) is 0.716. The largest absolute Gasteiger partial charge is 0.488 e. The van der Waals surface area contributed by atoms with E-state index in [-0.39, 0.29) is 11.9 Å². The fourth-order valence-corrected chi connectivity index (χ4v) is 1.90. The number of ether oxygens (including phenoxy) is 1. The fourth-order valence-electron chi connectivity index (χ4n) is 1.90. The van der Waals surface area contributed by atoms with Crippen LogP contribution in [0.2, 0.25) is 0 Å². The summed E-state index contributed by atoms with van der Waals surface area (Å²) < 4.78 is 5.77. The molecular weight excluding hydrogens is 218 g/mol. The molecule has 0 spiro atoms. The molecule has 4 N–H and O–H groups in total. The molecule has 0 saturated heterocycles. The normalized spacial score (nSPS) is 18.8. The lowest BCUT2D eigenvalue weighted by atomic mass is 10.1.